The number of hydrogen-bond acceptors (Lipinski definition) is 3. The molecule has 0 radical (unpaired) electrons. The first-order chi connectivity index (χ1) is 13.1. The van der Waals surface area contributed by atoms with Crippen LogP contribution in [0, 0.1) is 0 Å². The first-order valence-electron chi connectivity index (χ1n) is 11.0. The van der Waals surface area contributed by atoms with Crippen molar-refractivity contribution in [2.75, 3.05) is 7.11 Å². The van der Waals surface area contributed by atoms with E-state index in [0.717, 1.165) is 18.6 Å². The zero-order valence-electron chi connectivity index (χ0n) is 17.8. The number of ether oxygens (including phenoxy) is 1. The van der Waals surface area contributed by atoms with Crippen LogP contribution in [-0.4, -0.2) is 23.6 Å². The Morgan fingerprint density at radius 1 is 0.852 bits per heavy atom. The maximum absolute atomic E-state index is 12.7. The van der Waals surface area contributed by atoms with Crippen LogP contribution in [0.15, 0.2) is 24.3 Å². The Hall–Kier alpha value is -1.35. The van der Waals surface area contributed by atoms with E-state index in [4.69, 9.17) is 4.74 Å². The van der Waals surface area contributed by atoms with Crippen LogP contribution in [-0.2, 0) is 0 Å². The summed E-state index contributed by atoms with van der Waals surface area (Å²) in [5, 5.41) is 10.8. The summed E-state index contributed by atoms with van der Waals surface area (Å²) in [5.41, 5.74) is -0.684. The standard InChI is InChI=1S/C24H40O3/c1-4-6-7-8-9-10-11-12-13-14-15-20-24(26,5-2)23(25)21-16-18-22(27-3)19-17-21/h16-19,26H,4-15,20H2,1-3H3. The molecule has 0 aliphatic rings. The fourth-order valence-corrected chi connectivity index (χ4v) is 3.54. The van der Waals surface area contributed by atoms with E-state index in [0.29, 0.717) is 18.4 Å². The van der Waals surface area contributed by atoms with Gasteiger partial charge in [-0.15, -0.1) is 0 Å². The number of carbonyl (C=O) groups is 1. The predicted octanol–water partition coefficient (Wildman–Crippen LogP) is 6.72. The molecule has 0 saturated carbocycles. The van der Waals surface area contributed by atoms with E-state index < -0.39 is 5.60 Å². The highest BCUT2D eigenvalue weighted by atomic mass is 16.5. The minimum atomic E-state index is -1.24. The van der Waals surface area contributed by atoms with Gasteiger partial charge in [0.25, 0.3) is 0 Å². The highest BCUT2D eigenvalue weighted by Gasteiger charge is 2.33. The lowest BCUT2D eigenvalue weighted by Gasteiger charge is -2.25. The van der Waals surface area contributed by atoms with Gasteiger partial charge in [-0.1, -0.05) is 84.5 Å². The monoisotopic (exact) mass is 376 g/mol. The molecular weight excluding hydrogens is 336 g/mol. The molecule has 0 heterocycles. The smallest absolute Gasteiger partial charge is 0.194 e. The third-order valence-corrected chi connectivity index (χ3v) is 5.55. The van der Waals surface area contributed by atoms with Crippen LogP contribution in [0.3, 0.4) is 0 Å². The second-order valence-electron chi connectivity index (χ2n) is 7.73. The van der Waals surface area contributed by atoms with E-state index in [1.54, 1.807) is 31.4 Å². The van der Waals surface area contributed by atoms with E-state index >= 15 is 0 Å². The summed E-state index contributed by atoms with van der Waals surface area (Å²) in [6.07, 6.45) is 14.9. The SMILES string of the molecule is CCCCCCCCCCCCCC(O)(CC)C(=O)c1ccc(OC)cc1. The van der Waals surface area contributed by atoms with Crippen LogP contribution in [0.4, 0.5) is 0 Å². The number of hydrogen-bond donors (Lipinski definition) is 1. The van der Waals surface area contributed by atoms with Crippen LogP contribution < -0.4 is 4.74 Å². The van der Waals surface area contributed by atoms with Gasteiger partial charge in [0, 0.05) is 5.56 Å². The van der Waals surface area contributed by atoms with Crippen molar-refractivity contribution < 1.29 is 14.6 Å². The van der Waals surface area contributed by atoms with Crippen LogP contribution in [0.2, 0.25) is 0 Å². The lowest BCUT2D eigenvalue weighted by molar-refractivity contribution is 0.0238. The number of unbranched alkanes of at least 4 members (excludes halogenated alkanes) is 10. The fourth-order valence-electron chi connectivity index (χ4n) is 3.54. The molecule has 1 rings (SSSR count). The van der Waals surface area contributed by atoms with E-state index in [2.05, 4.69) is 6.92 Å². The normalized spacial score (nSPS) is 13.3. The van der Waals surface area contributed by atoms with Crippen molar-refractivity contribution >= 4 is 5.78 Å². The van der Waals surface area contributed by atoms with E-state index in [9.17, 15) is 9.90 Å². The summed E-state index contributed by atoms with van der Waals surface area (Å²) < 4.78 is 5.13. The van der Waals surface area contributed by atoms with E-state index in [1.807, 2.05) is 6.92 Å². The third kappa shape index (κ3) is 8.92. The number of carbonyl (C=O) groups excluding carboxylic acids is 1. The Bertz CT molecular complexity index is 509. The van der Waals surface area contributed by atoms with Gasteiger partial charge in [-0.05, 0) is 37.1 Å². The molecule has 0 spiro atoms. The molecule has 0 amide bonds. The average molecular weight is 377 g/mol. The molecule has 1 N–H and O–H groups in total. The Kier molecular flexibility index (Phi) is 12.1. The number of methoxy groups -OCH3 is 1. The minimum Gasteiger partial charge on any atom is -0.497 e. The van der Waals surface area contributed by atoms with Gasteiger partial charge in [0.2, 0.25) is 0 Å². The van der Waals surface area contributed by atoms with Gasteiger partial charge in [0.05, 0.1) is 7.11 Å². The van der Waals surface area contributed by atoms with E-state index in [1.165, 1.54) is 57.8 Å². The molecule has 1 aromatic rings. The second-order valence-corrected chi connectivity index (χ2v) is 7.73. The van der Waals surface area contributed by atoms with Crippen molar-refractivity contribution in [2.45, 2.75) is 103 Å². The number of rotatable bonds is 16. The van der Waals surface area contributed by atoms with Gasteiger partial charge >= 0.3 is 0 Å². The zero-order chi connectivity index (χ0) is 20.0. The average Bonchev–Trinajstić information content (AvgIpc) is 2.71. The molecule has 1 atom stereocenters. The molecule has 0 aliphatic heterocycles. The lowest BCUT2D eigenvalue weighted by atomic mass is 9.85. The van der Waals surface area contributed by atoms with Gasteiger partial charge in [0.15, 0.2) is 5.78 Å². The number of benzene rings is 1. The molecule has 0 aromatic heterocycles. The van der Waals surface area contributed by atoms with Crippen LogP contribution in [0.25, 0.3) is 0 Å². The number of ketones is 1. The van der Waals surface area contributed by atoms with Crippen LogP contribution in [0.5, 0.6) is 5.75 Å². The van der Waals surface area contributed by atoms with Crippen molar-refractivity contribution in [1.29, 1.82) is 0 Å². The van der Waals surface area contributed by atoms with E-state index in [-0.39, 0.29) is 5.78 Å². The molecule has 154 valence electrons. The molecule has 3 nitrogen and oxygen atoms in total. The van der Waals surface area contributed by atoms with Gasteiger partial charge in [0.1, 0.15) is 11.4 Å². The first-order valence-corrected chi connectivity index (χ1v) is 11.0. The maximum atomic E-state index is 12.7. The first kappa shape index (κ1) is 23.7. The Balaban J connectivity index is 2.24. The largest absolute Gasteiger partial charge is 0.497 e. The Morgan fingerprint density at radius 2 is 1.33 bits per heavy atom. The third-order valence-electron chi connectivity index (χ3n) is 5.55. The summed E-state index contributed by atoms with van der Waals surface area (Å²) in [5.74, 6) is 0.552. The zero-order valence-corrected chi connectivity index (χ0v) is 17.8. The predicted molar refractivity (Wildman–Crippen MR) is 114 cm³/mol. The molecule has 0 bridgehead atoms. The van der Waals surface area contributed by atoms with Crippen LogP contribution in [0.1, 0.15) is 108 Å². The highest BCUT2D eigenvalue weighted by Crippen LogP contribution is 2.25. The van der Waals surface area contributed by atoms with Crippen molar-refractivity contribution in [3.63, 3.8) is 0 Å². The summed E-state index contributed by atoms with van der Waals surface area (Å²) >= 11 is 0. The van der Waals surface area contributed by atoms with Gasteiger partial charge in [-0.2, -0.15) is 0 Å². The molecule has 0 fully saturated rings. The summed E-state index contributed by atoms with van der Waals surface area (Å²) in [7, 11) is 1.60. The Morgan fingerprint density at radius 3 is 1.78 bits per heavy atom. The van der Waals surface area contributed by atoms with Crippen molar-refractivity contribution in [1.82, 2.24) is 0 Å². The molecule has 3 heteroatoms. The van der Waals surface area contributed by atoms with Gasteiger partial charge < -0.3 is 9.84 Å². The fraction of sp³-hybridized carbons (Fsp3) is 0.708. The number of aliphatic hydroxyl groups is 1. The van der Waals surface area contributed by atoms with Crippen molar-refractivity contribution in [3.8, 4) is 5.75 Å². The quantitative estimate of drug-likeness (QED) is 0.257. The maximum Gasteiger partial charge on any atom is 0.194 e. The Labute approximate surface area is 166 Å². The molecule has 1 aromatic carbocycles. The van der Waals surface area contributed by atoms with Crippen molar-refractivity contribution in [2.24, 2.45) is 0 Å². The minimum absolute atomic E-state index is 0.167. The number of Topliss-reactive ketones (excluding diaryl/α,β-unsaturated/α-hetero) is 1. The summed E-state index contributed by atoms with van der Waals surface area (Å²) in [4.78, 5) is 12.7. The van der Waals surface area contributed by atoms with Crippen LogP contribution >= 0.6 is 0 Å². The second kappa shape index (κ2) is 13.8. The highest BCUT2D eigenvalue weighted by molar-refractivity contribution is 6.02. The van der Waals surface area contributed by atoms with Gasteiger partial charge in [-0.3, -0.25) is 4.79 Å². The van der Waals surface area contributed by atoms with Gasteiger partial charge in [-0.25, -0.2) is 0 Å². The molecular formula is C24H40O3. The lowest BCUT2D eigenvalue weighted by Crippen LogP contribution is -2.38. The summed E-state index contributed by atoms with van der Waals surface area (Å²) in [6.45, 7) is 4.14. The summed E-state index contributed by atoms with van der Waals surface area (Å²) in [6, 6.07) is 7.02. The van der Waals surface area contributed by atoms with Crippen molar-refractivity contribution in [3.05, 3.63) is 29.8 Å². The molecule has 1 unspecified atom stereocenters. The molecule has 0 aliphatic carbocycles. The topological polar surface area (TPSA) is 46.5 Å². The molecule has 27 heavy (non-hydrogen) atoms. The molecule has 0 saturated heterocycles.